The summed E-state index contributed by atoms with van der Waals surface area (Å²) in [6, 6.07) is 6.12. The van der Waals surface area contributed by atoms with Crippen molar-refractivity contribution >= 4 is 45.1 Å². The van der Waals surface area contributed by atoms with E-state index in [9.17, 15) is 0 Å². The third-order valence-corrected chi connectivity index (χ3v) is 2.67. The van der Waals surface area contributed by atoms with E-state index in [0.29, 0.717) is 5.88 Å². The molecule has 1 aromatic heterocycles. The maximum atomic E-state index is 5.71. The molecule has 1 heterocycles. The first-order valence-electron chi connectivity index (χ1n) is 3.50. The molecule has 4 heteroatoms. The van der Waals surface area contributed by atoms with Gasteiger partial charge < -0.3 is 0 Å². The lowest BCUT2D eigenvalue weighted by Gasteiger charge is -1.91. The second-order valence-corrected chi connectivity index (χ2v) is 4.01. The largest absolute Gasteiger partial charge is 0.280 e. The number of alkyl halides is 1. The molecule has 0 unspecified atom stereocenters. The number of benzene rings is 1. The fraction of sp³-hybridized carbons (Fsp3) is 0.125. The summed E-state index contributed by atoms with van der Waals surface area (Å²) >= 11 is 7.98. The molecule has 0 aliphatic carbocycles. The molecule has 0 saturated heterocycles. The molecule has 0 radical (unpaired) electrons. The van der Waals surface area contributed by atoms with E-state index < -0.39 is 0 Å². The van der Waals surface area contributed by atoms with Crippen LogP contribution >= 0.6 is 34.2 Å². The predicted octanol–water partition coefficient (Wildman–Crippen LogP) is 2.91. The highest BCUT2D eigenvalue weighted by molar-refractivity contribution is 14.1. The van der Waals surface area contributed by atoms with Crippen molar-refractivity contribution in [2.45, 2.75) is 5.88 Å². The minimum Gasteiger partial charge on any atom is -0.280 e. The lowest BCUT2D eigenvalue weighted by molar-refractivity contribution is 1.05. The molecule has 62 valence electrons. The van der Waals surface area contributed by atoms with E-state index in [0.717, 1.165) is 16.6 Å². The van der Waals surface area contributed by atoms with Gasteiger partial charge in [0.25, 0.3) is 0 Å². The van der Waals surface area contributed by atoms with Gasteiger partial charge in [0.05, 0.1) is 17.1 Å². The molecule has 2 aromatic rings. The summed E-state index contributed by atoms with van der Waals surface area (Å²) in [5.41, 5.74) is 1.97. The molecule has 0 fully saturated rings. The van der Waals surface area contributed by atoms with E-state index in [1.54, 1.807) is 0 Å². The van der Waals surface area contributed by atoms with Crippen LogP contribution in [0.25, 0.3) is 10.9 Å². The first-order valence-corrected chi connectivity index (χ1v) is 5.11. The van der Waals surface area contributed by atoms with Gasteiger partial charge in [0.2, 0.25) is 0 Å². The topological polar surface area (TPSA) is 28.7 Å². The lowest BCUT2D eigenvalue weighted by Crippen LogP contribution is -1.76. The molecule has 0 aliphatic heterocycles. The van der Waals surface area contributed by atoms with Crippen LogP contribution in [0.4, 0.5) is 0 Å². The second kappa shape index (κ2) is 3.22. The van der Waals surface area contributed by atoms with Gasteiger partial charge in [-0.05, 0) is 40.8 Å². The maximum Gasteiger partial charge on any atom is 0.0934 e. The monoisotopic (exact) mass is 292 g/mol. The van der Waals surface area contributed by atoms with E-state index >= 15 is 0 Å². The Morgan fingerprint density at radius 1 is 1.50 bits per heavy atom. The smallest absolute Gasteiger partial charge is 0.0934 e. The summed E-state index contributed by atoms with van der Waals surface area (Å²) in [5, 5.41) is 8.16. The number of aromatic nitrogens is 2. The molecule has 2 nitrogen and oxygen atoms in total. The van der Waals surface area contributed by atoms with Crippen molar-refractivity contribution in [2.75, 3.05) is 0 Å². The molecule has 0 atom stereocenters. The molecule has 0 amide bonds. The van der Waals surface area contributed by atoms with Crippen molar-refractivity contribution in [3.63, 3.8) is 0 Å². The van der Waals surface area contributed by atoms with Gasteiger partial charge in [-0.3, -0.25) is 5.10 Å². The van der Waals surface area contributed by atoms with Gasteiger partial charge in [0.15, 0.2) is 0 Å². The number of halogens is 2. The molecule has 2 rings (SSSR count). The third kappa shape index (κ3) is 1.31. The quantitative estimate of drug-likeness (QED) is 0.635. The molecular formula is C8H6ClIN2. The van der Waals surface area contributed by atoms with Gasteiger partial charge in [0, 0.05) is 8.96 Å². The Balaban J connectivity index is 2.73. The first-order chi connectivity index (χ1) is 5.81. The Labute approximate surface area is 88.4 Å². The average molecular weight is 293 g/mol. The van der Waals surface area contributed by atoms with E-state index in [1.807, 2.05) is 12.1 Å². The van der Waals surface area contributed by atoms with Crippen LogP contribution < -0.4 is 0 Å². The van der Waals surface area contributed by atoms with Crippen molar-refractivity contribution in [1.82, 2.24) is 10.2 Å². The van der Waals surface area contributed by atoms with E-state index in [2.05, 4.69) is 38.9 Å². The normalized spacial score (nSPS) is 10.8. The van der Waals surface area contributed by atoms with Gasteiger partial charge in [0.1, 0.15) is 0 Å². The Morgan fingerprint density at radius 2 is 2.33 bits per heavy atom. The zero-order valence-electron chi connectivity index (χ0n) is 6.14. The minimum atomic E-state index is 0.483. The number of hydrogen-bond donors (Lipinski definition) is 1. The van der Waals surface area contributed by atoms with Gasteiger partial charge >= 0.3 is 0 Å². The number of hydrogen-bond acceptors (Lipinski definition) is 1. The molecule has 0 saturated carbocycles. The van der Waals surface area contributed by atoms with E-state index in [1.165, 1.54) is 3.57 Å². The summed E-state index contributed by atoms with van der Waals surface area (Å²) in [6.45, 7) is 0. The Hall–Kier alpha value is -0.290. The molecule has 1 N–H and O–H groups in total. The highest BCUT2D eigenvalue weighted by atomic mass is 127. The summed E-state index contributed by atoms with van der Waals surface area (Å²) < 4.78 is 1.19. The number of fused-ring (bicyclic) bond motifs is 1. The molecular weight excluding hydrogens is 286 g/mol. The fourth-order valence-electron chi connectivity index (χ4n) is 1.14. The molecule has 12 heavy (non-hydrogen) atoms. The Morgan fingerprint density at radius 3 is 3.08 bits per heavy atom. The van der Waals surface area contributed by atoms with Crippen LogP contribution in [0.1, 0.15) is 5.69 Å². The van der Waals surface area contributed by atoms with Crippen molar-refractivity contribution in [2.24, 2.45) is 0 Å². The van der Waals surface area contributed by atoms with Crippen LogP contribution in [-0.2, 0) is 5.88 Å². The van der Waals surface area contributed by atoms with Gasteiger partial charge in [-0.25, -0.2) is 0 Å². The van der Waals surface area contributed by atoms with Crippen molar-refractivity contribution in [3.8, 4) is 0 Å². The highest BCUT2D eigenvalue weighted by Crippen LogP contribution is 2.19. The summed E-state index contributed by atoms with van der Waals surface area (Å²) in [7, 11) is 0. The second-order valence-electron chi connectivity index (χ2n) is 2.50. The fourth-order valence-corrected chi connectivity index (χ4v) is 1.82. The lowest BCUT2D eigenvalue weighted by atomic mass is 10.2. The predicted molar refractivity (Wildman–Crippen MR) is 58.4 cm³/mol. The minimum absolute atomic E-state index is 0.483. The van der Waals surface area contributed by atoms with Crippen LogP contribution in [0.3, 0.4) is 0 Å². The summed E-state index contributed by atoms with van der Waals surface area (Å²) in [6.07, 6.45) is 0. The third-order valence-electron chi connectivity index (χ3n) is 1.73. The standard InChI is InChI=1S/C8H6ClIN2/c9-4-8-6-2-1-5(10)3-7(6)11-12-8/h1-3H,4H2,(H,11,12). The van der Waals surface area contributed by atoms with Crippen LogP contribution in [0.2, 0.25) is 0 Å². The summed E-state index contributed by atoms with van der Waals surface area (Å²) in [4.78, 5) is 0. The molecule has 1 aromatic carbocycles. The molecule has 0 bridgehead atoms. The Bertz CT molecular complexity index is 410. The maximum absolute atomic E-state index is 5.71. The molecule has 0 spiro atoms. The van der Waals surface area contributed by atoms with Crippen LogP contribution in [-0.4, -0.2) is 10.2 Å². The number of nitrogens with one attached hydrogen (secondary N) is 1. The zero-order valence-corrected chi connectivity index (χ0v) is 9.06. The average Bonchev–Trinajstić information content (AvgIpc) is 2.46. The first kappa shape index (κ1) is 8.31. The van der Waals surface area contributed by atoms with Gasteiger partial charge in [-0.15, -0.1) is 11.6 Å². The number of aromatic amines is 1. The van der Waals surface area contributed by atoms with Crippen LogP contribution in [0.5, 0.6) is 0 Å². The molecule has 0 aliphatic rings. The van der Waals surface area contributed by atoms with Gasteiger partial charge in [-0.2, -0.15) is 5.10 Å². The van der Waals surface area contributed by atoms with Crippen LogP contribution in [0, 0.1) is 3.57 Å². The number of nitrogens with zero attached hydrogens (tertiary/aromatic N) is 1. The van der Waals surface area contributed by atoms with Gasteiger partial charge in [-0.1, -0.05) is 0 Å². The zero-order chi connectivity index (χ0) is 8.55. The van der Waals surface area contributed by atoms with Crippen molar-refractivity contribution in [3.05, 3.63) is 27.5 Å². The van der Waals surface area contributed by atoms with E-state index in [-0.39, 0.29) is 0 Å². The summed E-state index contributed by atoms with van der Waals surface area (Å²) in [5.74, 6) is 0.483. The Kier molecular flexibility index (Phi) is 2.23. The van der Waals surface area contributed by atoms with Crippen LogP contribution in [0.15, 0.2) is 18.2 Å². The van der Waals surface area contributed by atoms with E-state index in [4.69, 9.17) is 11.6 Å². The number of H-pyrrole nitrogens is 1. The van der Waals surface area contributed by atoms with Crippen molar-refractivity contribution in [1.29, 1.82) is 0 Å². The highest BCUT2D eigenvalue weighted by Gasteiger charge is 2.02. The SMILES string of the molecule is ClCc1[nH]nc2cc(I)ccc12. The van der Waals surface area contributed by atoms with Crippen molar-refractivity contribution < 1.29 is 0 Å². The number of rotatable bonds is 1.